The normalized spacial score (nSPS) is 36.6. The lowest BCUT2D eigenvalue weighted by molar-refractivity contribution is -0.122. The molecule has 1 amide bonds. The van der Waals surface area contributed by atoms with Crippen molar-refractivity contribution in [1.29, 1.82) is 0 Å². The van der Waals surface area contributed by atoms with E-state index in [2.05, 4.69) is 10.6 Å². The average molecular weight is 226 g/mol. The summed E-state index contributed by atoms with van der Waals surface area (Å²) in [6.07, 6.45) is 6.85. The highest BCUT2D eigenvalue weighted by atomic mass is 16.3. The Morgan fingerprint density at radius 3 is 2.75 bits per heavy atom. The fraction of sp³-hybridized carbons (Fsp3) is 0.917. The highest BCUT2D eigenvalue weighted by Gasteiger charge is 2.26. The summed E-state index contributed by atoms with van der Waals surface area (Å²) in [5.41, 5.74) is 0. The Labute approximate surface area is 96.8 Å². The molecule has 1 saturated heterocycles. The van der Waals surface area contributed by atoms with Gasteiger partial charge < -0.3 is 15.7 Å². The monoisotopic (exact) mass is 226 g/mol. The lowest BCUT2D eigenvalue weighted by Crippen LogP contribution is -2.52. The second kappa shape index (κ2) is 5.64. The van der Waals surface area contributed by atoms with E-state index in [0.29, 0.717) is 19.0 Å². The Bertz CT molecular complexity index is 235. The van der Waals surface area contributed by atoms with Crippen molar-refractivity contribution in [2.75, 3.05) is 6.54 Å². The Morgan fingerprint density at radius 2 is 2.00 bits per heavy atom. The topological polar surface area (TPSA) is 61.4 Å². The first kappa shape index (κ1) is 11.9. The van der Waals surface area contributed by atoms with Gasteiger partial charge in [0.05, 0.1) is 6.10 Å². The zero-order valence-corrected chi connectivity index (χ0v) is 9.74. The molecule has 92 valence electrons. The van der Waals surface area contributed by atoms with E-state index in [-0.39, 0.29) is 18.1 Å². The van der Waals surface area contributed by atoms with Gasteiger partial charge in [0, 0.05) is 25.0 Å². The molecule has 16 heavy (non-hydrogen) atoms. The quantitative estimate of drug-likeness (QED) is 0.603. The maximum atomic E-state index is 11.0. The molecule has 0 aromatic heterocycles. The number of hydrogen-bond donors (Lipinski definition) is 3. The minimum absolute atomic E-state index is 0.152. The second-order valence-electron chi connectivity index (χ2n) is 5.02. The number of aliphatic hydroxyl groups excluding tert-OH is 1. The molecule has 0 radical (unpaired) electrons. The molecule has 4 heteroatoms. The maximum absolute atomic E-state index is 11.0. The molecule has 1 aliphatic carbocycles. The van der Waals surface area contributed by atoms with Crippen LogP contribution < -0.4 is 10.6 Å². The van der Waals surface area contributed by atoms with Gasteiger partial charge in [0.2, 0.25) is 5.91 Å². The summed E-state index contributed by atoms with van der Waals surface area (Å²) in [4.78, 5) is 11.0. The summed E-state index contributed by atoms with van der Waals surface area (Å²) in [6, 6.07) is 0.568. The van der Waals surface area contributed by atoms with Gasteiger partial charge in [-0.3, -0.25) is 4.79 Å². The zero-order valence-electron chi connectivity index (χ0n) is 9.74. The molecule has 0 spiro atoms. The minimum atomic E-state index is -0.208. The van der Waals surface area contributed by atoms with Gasteiger partial charge in [-0.1, -0.05) is 19.3 Å². The van der Waals surface area contributed by atoms with Crippen LogP contribution in [0, 0.1) is 0 Å². The number of nitrogens with one attached hydrogen (secondary N) is 2. The fourth-order valence-corrected chi connectivity index (χ4v) is 2.66. The van der Waals surface area contributed by atoms with E-state index in [9.17, 15) is 9.90 Å². The van der Waals surface area contributed by atoms with Crippen LogP contribution in [0.15, 0.2) is 0 Å². The molecule has 1 heterocycles. The van der Waals surface area contributed by atoms with E-state index in [1.807, 2.05) is 0 Å². The largest absolute Gasteiger partial charge is 0.392 e. The number of piperidine rings is 1. The summed E-state index contributed by atoms with van der Waals surface area (Å²) < 4.78 is 0. The Kier molecular flexibility index (Phi) is 4.18. The molecule has 0 aromatic carbocycles. The van der Waals surface area contributed by atoms with E-state index in [0.717, 1.165) is 25.7 Å². The van der Waals surface area contributed by atoms with Crippen LogP contribution in [0.1, 0.15) is 44.9 Å². The lowest BCUT2D eigenvalue weighted by atomic mass is 10.0. The second-order valence-corrected chi connectivity index (χ2v) is 5.02. The summed E-state index contributed by atoms with van der Waals surface area (Å²) in [5, 5.41) is 16.4. The SMILES string of the molecule is O=C1CCC(NC2CCCCCC2O)CN1. The van der Waals surface area contributed by atoms with E-state index in [1.54, 1.807) is 0 Å². The first-order valence-electron chi connectivity index (χ1n) is 6.46. The van der Waals surface area contributed by atoms with Crippen molar-refractivity contribution in [3.8, 4) is 0 Å². The molecule has 4 nitrogen and oxygen atoms in total. The van der Waals surface area contributed by atoms with Gasteiger partial charge in [-0.2, -0.15) is 0 Å². The lowest BCUT2D eigenvalue weighted by Gasteiger charge is -2.30. The number of carbonyl (C=O) groups is 1. The molecule has 1 saturated carbocycles. The minimum Gasteiger partial charge on any atom is -0.392 e. The molecular formula is C12H22N2O2. The van der Waals surface area contributed by atoms with E-state index < -0.39 is 0 Å². The van der Waals surface area contributed by atoms with E-state index in [1.165, 1.54) is 12.8 Å². The summed E-state index contributed by atoms with van der Waals surface area (Å²) in [6.45, 7) is 0.710. The van der Waals surface area contributed by atoms with E-state index in [4.69, 9.17) is 0 Å². The van der Waals surface area contributed by atoms with Crippen LogP contribution >= 0.6 is 0 Å². The van der Waals surface area contributed by atoms with Gasteiger partial charge in [0.1, 0.15) is 0 Å². The van der Waals surface area contributed by atoms with Crippen LogP contribution in [0.5, 0.6) is 0 Å². The average Bonchev–Trinajstić information content (AvgIpc) is 2.48. The predicted molar refractivity (Wildman–Crippen MR) is 62.0 cm³/mol. The number of hydrogen-bond acceptors (Lipinski definition) is 3. The third-order valence-electron chi connectivity index (χ3n) is 3.69. The van der Waals surface area contributed by atoms with Gasteiger partial charge in [0.15, 0.2) is 0 Å². The first-order valence-corrected chi connectivity index (χ1v) is 6.46. The molecular weight excluding hydrogens is 204 g/mol. The van der Waals surface area contributed by atoms with Crippen LogP contribution in [0.25, 0.3) is 0 Å². The summed E-state index contributed by atoms with van der Waals surface area (Å²) >= 11 is 0. The van der Waals surface area contributed by atoms with Crippen molar-refractivity contribution >= 4 is 5.91 Å². The molecule has 0 aromatic rings. The third kappa shape index (κ3) is 3.19. The first-order chi connectivity index (χ1) is 7.75. The highest BCUT2D eigenvalue weighted by Crippen LogP contribution is 2.19. The van der Waals surface area contributed by atoms with Crippen LogP contribution in [-0.4, -0.2) is 35.7 Å². The van der Waals surface area contributed by atoms with Crippen molar-refractivity contribution in [3.63, 3.8) is 0 Å². The van der Waals surface area contributed by atoms with Crippen LogP contribution in [0.4, 0.5) is 0 Å². The molecule has 2 aliphatic rings. The summed E-state index contributed by atoms with van der Waals surface area (Å²) in [7, 11) is 0. The number of amides is 1. The maximum Gasteiger partial charge on any atom is 0.220 e. The van der Waals surface area contributed by atoms with Crippen LogP contribution in [0.2, 0.25) is 0 Å². The Morgan fingerprint density at radius 1 is 1.19 bits per heavy atom. The van der Waals surface area contributed by atoms with Crippen molar-refractivity contribution < 1.29 is 9.90 Å². The number of carbonyl (C=O) groups excluding carboxylic acids is 1. The van der Waals surface area contributed by atoms with Crippen molar-refractivity contribution in [2.24, 2.45) is 0 Å². The molecule has 3 unspecified atom stereocenters. The standard InChI is InChI=1S/C12H22N2O2/c15-11-5-3-1-2-4-10(11)14-9-6-7-12(16)13-8-9/h9-11,14-15H,1-8H2,(H,13,16). The Hall–Kier alpha value is -0.610. The van der Waals surface area contributed by atoms with Crippen LogP contribution in [-0.2, 0) is 4.79 Å². The van der Waals surface area contributed by atoms with E-state index >= 15 is 0 Å². The van der Waals surface area contributed by atoms with Crippen LogP contribution in [0.3, 0.4) is 0 Å². The van der Waals surface area contributed by atoms with Gasteiger partial charge in [-0.15, -0.1) is 0 Å². The number of rotatable bonds is 2. The number of aliphatic hydroxyl groups is 1. The molecule has 2 rings (SSSR count). The molecule has 2 fully saturated rings. The van der Waals surface area contributed by atoms with Crippen molar-refractivity contribution in [2.45, 2.75) is 63.1 Å². The predicted octanol–water partition coefficient (Wildman–Crippen LogP) is 0.548. The van der Waals surface area contributed by atoms with Gasteiger partial charge >= 0.3 is 0 Å². The van der Waals surface area contributed by atoms with Crippen molar-refractivity contribution in [3.05, 3.63) is 0 Å². The molecule has 0 bridgehead atoms. The molecule has 1 aliphatic heterocycles. The van der Waals surface area contributed by atoms with Gasteiger partial charge in [-0.05, 0) is 19.3 Å². The van der Waals surface area contributed by atoms with Gasteiger partial charge in [0.25, 0.3) is 0 Å². The third-order valence-corrected chi connectivity index (χ3v) is 3.69. The Balaban J connectivity index is 1.80. The summed E-state index contributed by atoms with van der Waals surface area (Å²) in [5.74, 6) is 0.152. The zero-order chi connectivity index (χ0) is 11.4. The fourth-order valence-electron chi connectivity index (χ4n) is 2.66. The van der Waals surface area contributed by atoms with Crippen molar-refractivity contribution in [1.82, 2.24) is 10.6 Å². The highest BCUT2D eigenvalue weighted by molar-refractivity contribution is 5.76. The van der Waals surface area contributed by atoms with Gasteiger partial charge in [-0.25, -0.2) is 0 Å². The molecule has 3 N–H and O–H groups in total. The smallest absolute Gasteiger partial charge is 0.220 e. The molecule has 3 atom stereocenters.